The maximum atomic E-state index is 12.7. The van der Waals surface area contributed by atoms with Crippen LogP contribution in [0.4, 0.5) is 0 Å². The molecule has 1 N–H and O–H groups in total. The minimum atomic E-state index is -0.0108. The van der Waals surface area contributed by atoms with Crippen LogP contribution in [0, 0.1) is 0 Å². The van der Waals surface area contributed by atoms with E-state index < -0.39 is 0 Å². The van der Waals surface area contributed by atoms with Crippen molar-refractivity contribution in [2.45, 2.75) is 39.2 Å². The van der Waals surface area contributed by atoms with Gasteiger partial charge in [-0.25, -0.2) is 0 Å². The molecule has 1 atom stereocenters. The summed E-state index contributed by atoms with van der Waals surface area (Å²) in [6.07, 6.45) is 3.39. The molecule has 0 bridgehead atoms. The monoisotopic (exact) mass is 408 g/mol. The van der Waals surface area contributed by atoms with Gasteiger partial charge in [0.15, 0.2) is 5.96 Å². The summed E-state index contributed by atoms with van der Waals surface area (Å²) in [5.74, 6) is 1.33. The first kappa shape index (κ1) is 22.3. The van der Waals surface area contributed by atoms with Gasteiger partial charge in [0.1, 0.15) is 0 Å². The minimum Gasteiger partial charge on any atom is -0.379 e. The van der Waals surface area contributed by atoms with E-state index in [-0.39, 0.29) is 6.04 Å². The van der Waals surface area contributed by atoms with E-state index in [1.807, 2.05) is 4.90 Å². The lowest BCUT2D eigenvalue weighted by Gasteiger charge is -2.39. The van der Waals surface area contributed by atoms with Gasteiger partial charge >= 0.3 is 0 Å². The van der Waals surface area contributed by atoms with Gasteiger partial charge < -0.3 is 19.9 Å². The summed E-state index contributed by atoms with van der Waals surface area (Å²) < 4.78 is 5.41. The van der Waals surface area contributed by atoms with Crippen molar-refractivity contribution in [3.8, 4) is 0 Å². The normalized spacial score (nSPS) is 23.4. The Hall–Kier alpha value is -1.38. The van der Waals surface area contributed by atoms with Gasteiger partial charge in [-0.2, -0.15) is 0 Å². The molecular formula is C21H40N6O2. The molecular weight excluding hydrogens is 368 g/mol. The van der Waals surface area contributed by atoms with Gasteiger partial charge in [0.2, 0.25) is 5.91 Å². The smallest absolute Gasteiger partial charge is 0.239 e. The third-order valence-electron chi connectivity index (χ3n) is 6.27. The lowest BCUT2D eigenvalue weighted by atomic mass is 10.2. The van der Waals surface area contributed by atoms with Gasteiger partial charge in [-0.05, 0) is 33.1 Å². The number of amides is 1. The number of piperazine rings is 1. The topological polar surface area (TPSA) is 63.7 Å². The van der Waals surface area contributed by atoms with Crippen LogP contribution in [0.5, 0.6) is 0 Å². The van der Waals surface area contributed by atoms with Crippen LogP contribution in [0.1, 0.15) is 33.1 Å². The Morgan fingerprint density at radius 3 is 2.34 bits per heavy atom. The van der Waals surface area contributed by atoms with Gasteiger partial charge in [-0.1, -0.05) is 0 Å². The van der Waals surface area contributed by atoms with E-state index in [1.54, 1.807) is 0 Å². The molecule has 3 aliphatic heterocycles. The first-order valence-corrected chi connectivity index (χ1v) is 11.5. The zero-order chi connectivity index (χ0) is 20.5. The lowest BCUT2D eigenvalue weighted by molar-refractivity contribution is -0.135. The van der Waals surface area contributed by atoms with Gasteiger partial charge in [0, 0.05) is 72.0 Å². The molecule has 0 spiro atoms. The third-order valence-corrected chi connectivity index (χ3v) is 6.27. The summed E-state index contributed by atoms with van der Waals surface area (Å²) >= 11 is 0. The Kier molecular flexibility index (Phi) is 9.01. The molecule has 3 heterocycles. The second kappa shape index (κ2) is 11.7. The first-order chi connectivity index (χ1) is 14.2. The molecule has 8 nitrogen and oxygen atoms in total. The van der Waals surface area contributed by atoms with Crippen molar-refractivity contribution < 1.29 is 9.53 Å². The highest BCUT2D eigenvalue weighted by Gasteiger charge is 2.30. The first-order valence-electron chi connectivity index (χ1n) is 11.5. The summed E-state index contributed by atoms with van der Waals surface area (Å²) in [5.41, 5.74) is 0. The van der Waals surface area contributed by atoms with E-state index in [0.29, 0.717) is 5.91 Å². The lowest BCUT2D eigenvalue weighted by Crippen LogP contribution is -2.57. The SMILES string of the molecule is CCNC(=NCCCN1CCOCC1)N1CCN(C(C)C(=O)N2CCCC2)CC1. The third kappa shape index (κ3) is 6.55. The molecule has 1 amide bonds. The molecule has 0 saturated carbocycles. The largest absolute Gasteiger partial charge is 0.379 e. The van der Waals surface area contributed by atoms with Gasteiger partial charge in [0.25, 0.3) is 0 Å². The van der Waals surface area contributed by atoms with Crippen molar-refractivity contribution in [1.29, 1.82) is 0 Å². The maximum Gasteiger partial charge on any atom is 0.239 e. The maximum absolute atomic E-state index is 12.7. The number of hydrogen-bond donors (Lipinski definition) is 1. The van der Waals surface area contributed by atoms with Crippen molar-refractivity contribution in [3.63, 3.8) is 0 Å². The number of carbonyl (C=O) groups is 1. The van der Waals surface area contributed by atoms with E-state index in [9.17, 15) is 4.79 Å². The number of morpholine rings is 1. The van der Waals surface area contributed by atoms with Crippen LogP contribution in [0.2, 0.25) is 0 Å². The molecule has 29 heavy (non-hydrogen) atoms. The fourth-order valence-electron chi connectivity index (χ4n) is 4.41. The molecule has 8 heteroatoms. The average molecular weight is 409 g/mol. The minimum absolute atomic E-state index is 0.0108. The summed E-state index contributed by atoms with van der Waals surface area (Å²) in [4.78, 5) is 26.7. The van der Waals surface area contributed by atoms with E-state index in [4.69, 9.17) is 9.73 Å². The van der Waals surface area contributed by atoms with E-state index in [2.05, 4.69) is 33.9 Å². The number of ether oxygens (including phenoxy) is 1. The highest BCUT2D eigenvalue weighted by atomic mass is 16.5. The number of likely N-dealkylation sites (tertiary alicyclic amines) is 1. The predicted molar refractivity (Wildman–Crippen MR) is 116 cm³/mol. The van der Waals surface area contributed by atoms with Crippen molar-refractivity contribution in [2.75, 3.05) is 85.2 Å². The van der Waals surface area contributed by atoms with Crippen LogP contribution >= 0.6 is 0 Å². The molecule has 0 aromatic rings. The predicted octanol–water partition coefficient (Wildman–Crippen LogP) is 0.303. The Bertz CT molecular complexity index is 523. The molecule has 3 rings (SSSR count). The Morgan fingerprint density at radius 2 is 1.69 bits per heavy atom. The van der Waals surface area contributed by atoms with Crippen molar-refractivity contribution in [3.05, 3.63) is 0 Å². The molecule has 3 fully saturated rings. The van der Waals surface area contributed by atoms with E-state index >= 15 is 0 Å². The molecule has 0 aromatic heterocycles. The molecule has 3 aliphatic rings. The Balaban J connectivity index is 1.42. The van der Waals surface area contributed by atoms with Crippen LogP contribution in [-0.2, 0) is 9.53 Å². The van der Waals surface area contributed by atoms with E-state index in [0.717, 1.165) is 110 Å². The molecule has 3 saturated heterocycles. The fraction of sp³-hybridized carbons (Fsp3) is 0.905. The average Bonchev–Trinajstić information content (AvgIpc) is 3.31. The number of guanidine groups is 1. The fourth-order valence-corrected chi connectivity index (χ4v) is 4.41. The van der Waals surface area contributed by atoms with Crippen LogP contribution in [0.25, 0.3) is 0 Å². The van der Waals surface area contributed by atoms with Gasteiger partial charge in [0.05, 0.1) is 19.3 Å². The van der Waals surface area contributed by atoms with Crippen LogP contribution in [0.15, 0.2) is 4.99 Å². The summed E-state index contributed by atoms with van der Waals surface area (Å²) in [5, 5.41) is 3.45. The summed E-state index contributed by atoms with van der Waals surface area (Å²) in [7, 11) is 0. The molecule has 1 unspecified atom stereocenters. The van der Waals surface area contributed by atoms with Crippen LogP contribution < -0.4 is 5.32 Å². The molecule has 0 aromatic carbocycles. The van der Waals surface area contributed by atoms with Gasteiger partial charge in [-0.3, -0.25) is 19.6 Å². The molecule has 0 aliphatic carbocycles. The van der Waals surface area contributed by atoms with Crippen LogP contribution in [-0.4, -0.2) is 123 Å². The Morgan fingerprint density at radius 1 is 1.00 bits per heavy atom. The highest BCUT2D eigenvalue weighted by Crippen LogP contribution is 2.14. The van der Waals surface area contributed by atoms with Crippen LogP contribution in [0.3, 0.4) is 0 Å². The standard InChI is InChI=1S/C21H40N6O2/c1-3-22-21(23-7-6-8-24-15-17-29-18-16-24)27-13-11-25(12-14-27)19(2)20(28)26-9-4-5-10-26/h19H,3-18H2,1-2H3,(H,22,23). The summed E-state index contributed by atoms with van der Waals surface area (Å²) in [6.45, 7) is 16.4. The number of aliphatic imine (C=N–C) groups is 1. The van der Waals surface area contributed by atoms with E-state index in [1.165, 1.54) is 0 Å². The zero-order valence-corrected chi connectivity index (χ0v) is 18.4. The quantitative estimate of drug-likeness (QED) is 0.371. The second-order valence-electron chi connectivity index (χ2n) is 8.27. The highest BCUT2D eigenvalue weighted by molar-refractivity contribution is 5.82. The number of carbonyl (C=O) groups excluding carboxylic acids is 1. The van der Waals surface area contributed by atoms with Gasteiger partial charge in [-0.15, -0.1) is 0 Å². The van der Waals surface area contributed by atoms with Crippen molar-refractivity contribution in [1.82, 2.24) is 24.9 Å². The molecule has 0 radical (unpaired) electrons. The number of rotatable bonds is 7. The number of nitrogens with zero attached hydrogens (tertiary/aromatic N) is 5. The number of nitrogens with one attached hydrogen (secondary N) is 1. The Labute approximate surface area is 176 Å². The summed E-state index contributed by atoms with van der Waals surface area (Å²) in [6, 6.07) is -0.0108. The molecule has 166 valence electrons. The number of hydrogen-bond acceptors (Lipinski definition) is 5. The van der Waals surface area contributed by atoms with Crippen molar-refractivity contribution in [2.24, 2.45) is 4.99 Å². The second-order valence-corrected chi connectivity index (χ2v) is 8.27. The van der Waals surface area contributed by atoms with Crippen molar-refractivity contribution >= 4 is 11.9 Å². The zero-order valence-electron chi connectivity index (χ0n) is 18.4.